The van der Waals surface area contributed by atoms with E-state index in [2.05, 4.69) is 20.3 Å². The van der Waals surface area contributed by atoms with Crippen LogP contribution in [0, 0.1) is 0 Å². The fourth-order valence-corrected chi connectivity index (χ4v) is 3.66. The van der Waals surface area contributed by atoms with Crippen LogP contribution < -0.4 is 0 Å². The Bertz CT molecular complexity index is 728. The number of hydrogen-bond acceptors (Lipinski definition) is 6. The summed E-state index contributed by atoms with van der Waals surface area (Å²) in [6.07, 6.45) is 2.12. The van der Waals surface area contributed by atoms with Gasteiger partial charge < -0.3 is 9.64 Å². The SMILES string of the molecule is O=C(Cn1nnc(-c2ccccc2)n1)N1CCCC1CN1CCOCC1. The number of rotatable bonds is 5. The van der Waals surface area contributed by atoms with Crippen LogP contribution in [-0.4, -0.2) is 81.3 Å². The number of benzene rings is 1. The Labute approximate surface area is 152 Å². The Kier molecular flexibility index (Phi) is 5.21. The lowest BCUT2D eigenvalue weighted by atomic mass is 10.2. The maximum absolute atomic E-state index is 12.8. The molecular formula is C18H24N6O2. The van der Waals surface area contributed by atoms with Crippen molar-refractivity contribution in [3.8, 4) is 11.4 Å². The second kappa shape index (κ2) is 7.92. The Morgan fingerprint density at radius 1 is 1.15 bits per heavy atom. The number of morpholine rings is 1. The van der Waals surface area contributed by atoms with Gasteiger partial charge in [0.15, 0.2) is 0 Å². The van der Waals surface area contributed by atoms with Crippen LogP contribution in [0.5, 0.6) is 0 Å². The van der Waals surface area contributed by atoms with Gasteiger partial charge in [0.05, 0.1) is 13.2 Å². The van der Waals surface area contributed by atoms with Gasteiger partial charge in [0.1, 0.15) is 6.54 Å². The normalized spacial score (nSPS) is 21.2. The lowest BCUT2D eigenvalue weighted by Crippen LogP contribution is -2.47. The molecule has 0 bridgehead atoms. The van der Waals surface area contributed by atoms with E-state index in [-0.39, 0.29) is 18.5 Å². The van der Waals surface area contributed by atoms with Gasteiger partial charge in [-0.1, -0.05) is 30.3 Å². The van der Waals surface area contributed by atoms with Crippen molar-refractivity contribution < 1.29 is 9.53 Å². The van der Waals surface area contributed by atoms with Gasteiger partial charge >= 0.3 is 0 Å². The number of amides is 1. The zero-order chi connectivity index (χ0) is 17.8. The average Bonchev–Trinajstić information content (AvgIpc) is 3.33. The summed E-state index contributed by atoms with van der Waals surface area (Å²) in [4.78, 5) is 18.5. The van der Waals surface area contributed by atoms with Crippen LogP contribution in [0.2, 0.25) is 0 Å². The third-order valence-electron chi connectivity index (χ3n) is 5.03. The molecule has 3 heterocycles. The van der Waals surface area contributed by atoms with E-state index in [1.54, 1.807) is 0 Å². The van der Waals surface area contributed by atoms with Crippen molar-refractivity contribution in [3.05, 3.63) is 30.3 Å². The Morgan fingerprint density at radius 3 is 2.77 bits per heavy atom. The van der Waals surface area contributed by atoms with Gasteiger partial charge in [0.2, 0.25) is 11.7 Å². The maximum Gasteiger partial charge on any atom is 0.246 e. The highest BCUT2D eigenvalue weighted by Crippen LogP contribution is 2.19. The fraction of sp³-hybridized carbons (Fsp3) is 0.556. The molecule has 1 aromatic heterocycles. The second-order valence-electron chi connectivity index (χ2n) is 6.81. The standard InChI is InChI=1S/C18H24N6O2/c25-17(14-24-20-18(19-21-24)15-5-2-1-3-6-15)23-8-4-7-16(23)13-22-9-11-26-12-10-22/h1-3,5-6,16H,4,7-14H2. The molecule has 1 atom stereocenters. The van der Waals surface area contributed by atoms with Crippen LogP contribution in [0.15, 0.2) is 30.3 Å². The molecule has 0 saturated carbocycles. The van der Waals surface area contributed by atoms with E-state index in [0.29, 0.717) is 5.82 Å². The molecule has 2 fully saturated rings. The van der Waals surface area contributed by atoms with E-state index in [1.807, 2.05) is 35.2 Å². The lowest BCUT2D eigenvalue weighted by Gasteiger charge is -2.32. The molecule has 2 aliphatic heterocycles. The number of aromatic nitrogens is 4. The molecule has 1 amide bonds. The molecule has 1 unspecified atom stereocenters. The highest BCUT2D eigenvalue weighted by molar-refractivity contribution is 5.76. The Hall–Kier alpha value is -2.32. The molecule has 8 heteroatoms. The van der Waals surface area contributed by atoms with Gasteiger partial charge in [0.25, 0.3) is 0 Å². The van der Waals surface area contributed by atoms with E-state index >= 15 is 0 Å². The van der Waals surface area contributed by atoms with E-state index in [1.165, 1.54) is 4.80 Å². The quantitative estimate of drug-likeness (QED) is 0.783. The molecule has 0 radical (unpaired) electrons. The summed E-state index contributed by atoms with van der Waals surface area (Å²) in [6.45, 7) is 5.34. The molecule has 4 rings (SSSR count). The van der Waals surface area contributed by atoms with Crippen molar-refractivity contribution in [2.24, 2.45) is 0 Å². The van der Waals surface area contributed by atoms with Crippen molar-refractivity contribution in [1.82, 2.24) is 30.0 Å². The minimum absolute atomic E-state index is 0.0674. The molecule has 0 aliphatic carbocycles. The number of likely N-dealkylation sites (tertiary alicyclic amines) is 1. The molecule has 26 heavy (non-hydrogen) atoms. The van der Waals surface area contributed by atoms with Crippen molar-refractivity contribution >= 4 is 5.91 Å². The average molecular weight is 356 g/mol. The highest BCUT2D eigenvalue weighted by Gasteiger charge is 2.31. The van der Waals surface area contributed by atoms with Crippen LogP contribution in [-0.2, 0) is 16.1 Å². The minimum Gasteiger partial charge on any atom is -0.379 e. The highest BCUT2D eigenvalue weighted by atomic mass is 16.5. The first-order valence-corrected chi connectivity index (χ1v) is 9.22. The first-order valence-electron chi connectivity index (χ1n) is 9.22. The van der Waals surface area contributed by atoms with Gasteiger partial charge in [-0.15, -0.1) is 10.2 Å². The summed E-state index contributed by atoms with van der Waals surface area (Å²) < 4.78 is 5.41. The first kappa shape index (κ1) is 17.1. The number of hydrogen-bond donors (Lipinski definition) is 0. The molecular weight excluding hydrogens is 332 g/mol. The van der Waals surface area contributed by atoms with E-state index < -0.39 is 0 Å². The smallest absolute Gasteiger partial charge is 0.246 e. The van der Waals surface area contributed by atoms with Gasteiger partial charge in [0, 0.05) is 37.8 Å². The summed E-state index contributed by atoms with van der Waals surface area (Å²) in [5.41, 5.74) is 0.901. The molecule has 1 aromatic carbocycles. The predicted molar refractivity (Wildman–Crippen MR) is 95.2 cm³/mol. The molecule has 2 saturated heterocycles. The molecule has 0 N–H and O–H groups in total. The van der Waals surface area contributed by atoms with Crippen molar-refractivity contribution in [2.75, 3.05) is 39.4 Å². The fourth-order valence-electron chi connectivity index (χ4n) is 3.66. The van der Waals surface area contributed by atoms with Gasteiger partial charge in [-0.2, -0.15) is 4.80 Å². The van der Waals surface area contributed by atoms with Crippen molar-refractivity contribution in [2.45, 2.75) is 25.4 Å². The Balaban J connectivity index is 1.37. The third kappa shape index (κ3) is 3.91. The summed E-state index contributed by atoms with van der Waals surface area (Å²) in [7, 11) is 0. The zero-order valence-electron chi connectivity index (χ0n) is 14.8. The monoisotopic (exact) mass is 356 g/mol. The number of tetrazole rings is 1. The molecule has 2 aliphatic rings. The topological polar surface area (TPSA) is 76.4 Å². The number of nitrogens with zero attached hydrogens (tertiary/aromatic N) is 6. The van der Waals surface area contributed by atoms with Crippen molar-refractivity contribution in [1.29, 1.82) is 0 Å². The van der Waals surface area contributed by atoms with E-state index in [4.69, 9.17) is 4.74 Å². The van der Waals surface area contributed by atoms with Crippen LogP contribution in [0.4, 0.5) is 0 Å². The molecule has 8 nitrogen and oxygen atoms in total. The lowest BCUT2D eigenvalue weighted by molar-refractivity contribution is -0.133. The van der Waals surface area contributed by atoms with Gasteiger partial charge in [-0.25, -0.2) is 0 Å². The van der Waals surface area contributed by atoms with Crippen LogP contribution in [0.25, 0.3) is 11.4 Å². The summed E-state index contributed by atoms with van der Waals surface area (Å²) >= 11 is 0. The Morgan fingerprint density at radius 2 is 1.96 bits per heavy atom. The van der Waals surface area contributed by atoms with Crippen molar-refractivity contribution in [3.63, 3.8) is 0 Å². The zero-order valence-corrected chi connectivity index (χ0v) is 14.8. The van der Waals surface area contributed by atoms with E-state index in [0.717, 1.165) is 57.8 Å². The van der Waals surface area contributed by atoms with Crippen LogP contribution in [0.3, 0.4) is 0 Å². The largest absolute Gasteiger partial charge is 0.379 e. The van der Waals surface area contributed by atoms with Gasteiger partial charge in [-0.3, -0.25) is 9.69 Å². The summed E-state index contributed by atoms with van der Waals surface area (Å²) in [6, 6.07) is 9.95. The molecule has 0 spiro atoms. The summed E-state index contributed by atoms with van der Waals surface area (Å²) in [5.74, 6) is 0.613. The molecule has 138 valence electrons. The van der Waals surface area contributed by atoms with Gasteiger partial charge in [-0.05, 0) is 18.1 Å². The van der Waals surface area contributed by atoms with E-state index in [9.17, 15) is 4.79 Å². The molecule has 2 aromatic rings. The number of carbonyl (C=O) groups excluding carboxylic acids is 1. The number of ether oxygens (including phenoxy) is 1. The second-order valence-corrected chi connectivity index (χ2v) is 6.81. The minimum atomic E-state index is 0.0674. The van der Waals surface area contributed by atoms with Crippen LogP contribution in [0.1, 0.15) is 12.8 Å². The first-order chi connectivity index (χ1) is 12.8. The van der Waals surface area contributed by atoms with Crippen LogP contribution >= 0.6 is 0 Å². The summed E-state index contributed by atoms with van der Waals surface area (Å²) in [5, 5.41) is 12.5. The number of carbonyl (C=O) groups is 1. The maximum atomic E-state index is 12.8. The third-order valence-corrected chi connectivity index (χ3v) is 5.03. The predicted octanol–water partition coefficient (Wildman–Crippen LogP) is 0.663.